The number of aliphatic imine (C=N–C) groups is 1. The maximum Gasteiger partial charge on any atom is 0.251 e. The maximum absolute atomic E-state index is 11.9. The molecule has 0 atom stereocenters. The van der Waals surface area contributed by atoms with Gasteiger partial charge >= 0.3 is 0 Å². The van der Waals surface area contributed by atoms with Crippen molar-refractivity contribution in [3.8, 4) is 0 Å². The fourth-order valence-electron chi connectivity index (χ4n) is 1.93. The molecule has 0 radical (unpaired) electrons. The van der Waals surface area contributed by atoms with Gasteiger partial charge in [0.05, 0.1) is 6.61 Å². The smallest absolute Gasteiger partial charge is 0.251 e. The van der Waals surface area contributed by atoms with Gasteiger partial charge in [-0.3, -0.25) is 9.79 Å². The number of ether oxygens (including phenoxy) is 1. The van der Waals surface area contributed by atoms with Crippen LogP contribution in [0.3, 0.4) is 0 Å². The van der Waals surface area contributed by atoms with Crippen molar-refractivity contribution < 1.29 is 9.53 Å². The Kier molecular flexibility index (Phi) is 10.3. The first-order chi connectivity index (χ1) is 11.6. The molecular formula is C18H30N4O2. The fraction of sp³-hybridized carbons (Fsp3) is 0.556. The Morgan fingerprint density at radius 1 is 1.04 bits per heavy atom. The van der Waals surface area contributed by atoms with Gasteiger partial charge in [0.25, 0.3) is 5.91 Å². The van der Waals surface area contributed by atoms with Crippen LogP contribution in [0.5, 0.6) is 0 Å². The van der Waals surface area contributed by atoms with Crippen molar-refractivity contribution in [3.05, 3.63) is 35.9 Å². The van der Waals surface area contributed by atoms with E-state index < -0.39 is 0 Å². The van der Waals surface area contributed by atoms with E-state index in [1.165, 1.54) is 0 Å². The number of hydrogen-bond donors (Lipinski definition) is 3. The molecule has 0 spiro atoms. The molecule has 1 aromatic carbocycles. The van der Waals surface area contributed by atoms with E-state index in [-0.39, 0.29) is 5.91 Å². The van der Waals surface area contributed by atoms with Crippen molar-refractivity contribution in [1.29, 1.82) is 0 Å². The topological polar surface area (TPSA) is 74.8 Å². The van der Waals surface area contributed by atoms with Crippen LogP contribution in [0.25, 0.3) is 0 Å². The monoisotopic (exact) mass is 334 g/mol. The predicted octanol–water partition coefficient (Wildman–Crippen LogP) is 1.64. The Morgan fingerprint density at radius 2 is 1.71 bits per heavy atom. The zero-order chi connectivity index (χ0) is 17.6. The second-order valence-electron chi connectivity index (χ2n) is 5.84. The van der Waals surface area contributed by atoms with Gasteiger partial charge in [0, 0.05) is 38.9 Å². The molecule has 6 nitrogen and oxygen atoms in total. The van der Waals surface area contributed by atoms with Crippen LogP contribution < -0.4 is 16.0 Å². The van der Waals surface area contributed by atoms with Gasteiger partial charge in [-0.1, -0.05) is 32.0 Å². The van der Waals surface area contributed by atoms with E-state index >= 15 is 0 Å². The molecular weight excluding hydrogens is 304 g/mol. The van der Waals surface area contributed by atoms with Gasteiger partial charge in [-0.15, -0.1) is 0 Å². The Morgan fingerprint density at radius 3 is 2.38 bits per heavy atom. The van der Waals surface area contributed by atoms with Crippen LogP contribution >= 0.6 is 0 Å². The third-order valence-electron chi connectivity index (χ3n) is 3.34. The van der Waals surface area contributed by atoms with E-state index in [1.54, 1.807) is 19.2 Å². The minimum Gasteiger partial charge on any atom is -0.380 e. The highest BCUT2D eigenvalue weighted by molar-refractivity contribution is 5.94. The van der Waals surface area contributed by atoms with Crippen LogP contribution in [-0.4, -0.2) is 51.8 Å². The molecule has 24 heavy (non-hydrogen) atoms. The molecule has 0 bridgehead atoms. The highest BCUT2D eigenvalue weighted by Crippen LogP contribution is 1.98. The number of nitrogens with one attached hydrogen (secondary N) is 3. The Balaban J connectivity index is 2.08. The van der Waals surface area contributed by atoms with Gasteiger partial charge in [0.1, 0.15) is 0 Å². The molecule has 1 aromatic rings. The summed E-state index contributed by atoms with van der Waals surface area (Å²) in [6.45, 7) is 7.64. The summed E-state index contributed by atoms with van der Waals surface area (Å²) in [5.41, 5.74) is 0.665. The van der Waals surface area contributed by atoms with Crippen molar-refractivity contribution in [2.45, 2.75) is 20.3 Å². The third-order valence-corrected chi connectivity index (χ3v) is 3.34. The summed E-state index contributed by atoms with van der Waals surface area (Å²) in [5, 5.41) is 9.20. The minimum atomic E-state index is -0.0705. The molecule has 0 aliphatic heterocycles. The predicted molar refractivity (Wildman–Crippen MR) is 98.4 cm³/mol. The Labute approximate surface area is 145 Å². The average Bonchev–Trinajstić information content (AvgIpc) is 2.60. The highest BCUT2D eigenvalue weighted by Gasteiger charge is 2.03. The molecule has 3 N–H and O–H groups in total. The summed E-state index contributed by atoms with van der Waals surface area (Å²) in [6.07, 6.45) is 1.08. The van der Waals surface area contributed by atoms with Crippen molar-refractivity contribution in [3.63, 3.8) is 0 Å². The van der Waals surface area contributed by atoms with Crippen LogP contribution in [-0.2, 0) is 4.74 Å². The fourth-order valence-corrected chi connectivity index (χ4v) is 1.93. The molecule has 0 aliphatic rings. The molecule has 0 aromatic heterocycles. The lowest BCUT2D eigenvalue weighted by Gasteiger charge is -2.13. The van der Waals surface area contributed by atoms with E-state index in [0.29, 0.717) is 43.7 Å². The van der Waals surface area contributed by atoms with E-state index in [9.17, 15) is 4.79 Å². The van der Waals surface area contributed by atoms with Crippen molar-refractivity contribution in [2.24, 2.45) is 10.9 Å². The van der Waals surface area contributed by atoms with Gasteiger partial charge in [-0.25, -0.2) is 0 Å². The molecule has 6 heteroatoms. The number of benzene rings is 1. The molecule has 0 unspecified atom stereocenters. The quantitative estimate of drug-likeness (QED) is 0.345. The summed E-state index contributed by atoms with van der Waals surface area (Å²) in [6, 6.07) is 9.18. The molecule has 0 saturated heterocycles. The van der Waals surface area contributed by atoms with Gasteiger partial charge in [-0.05, 0) is 24.5 Å². The first-order valence-electron chi connectivity index (χ1n) is 8.49. The summed E-state index contributed by atoms with van der Waals surface area (Å²) < 4.78 is 5.54. The number of rotatable bonds is 10. The van der Waals surface area contributed by atoms with Crippen LogP contribution in [0.4, 0.5) is 0 Å². The molecule has 0 heterocycles. The lowest BCUT2D eigenvalue weighted by atomic mass is 10.1. The highest BCUT2D eigenvalue weighted by atomic mass is 16.5. The third kappa shape index (κ3) is 9.15. The SMILES string of the molecule is CN=C(NCCNC(=O)c1ccccc1)NCCOCCC(C)C. The first kappa shape index (κ1) is 20.0. The number of amides is 1. The van der Waals surface area contributed by atoms with Crippen molar-refractivity contribution >= 4 is 11.9 Å². The van der Waals surface area contributed by atoms with Crippen LogP contribution in [0.15, 0.2) is 35.3 Å². The number of carbonyl (C=O) groups excluding carboxylic acids is 1. The second-order valence-corrected chi connectivity index (χ2v) is 5.84. The largest absolute Gasteiger partial charge is 0.380 e. The van der Waals surface area contributed by atoms with E-state index in [0.717, 1.165) is 13.0 Å². The lowest BCUT2D eigenvalue weighted by molar-refractivity contribution is 0.0954. The minimum absolute atomic E-state index is 0.0705. The molecule has 0 aliphatic carbocycles. The zero-order valence-corrected chi connectivity index (χ0v) is 15.0. The van der Waals surface area contributed by atoms with Crippen LogP contribution in [0.2, 0.25) is 0 Å². The lowest BCUT2D eigenvalue weighted by Crippen LogP contribution is -2.42. The maximum atomic E-state index is 11.9. The molecule has 0 saturated carbocycles. The zero-order valence-electron chi connectivity index (χ0n) is 15.0. The average molecular weight is 334 g/mol. The van der Waals surface area contributed by atoms with Crippen molar-refractivity contribution in [2.75, 3.05) is 39.9 Å². The number of nitrogens with zero attached hydrogens (tertiary/aromatic N) is 1. The summed E-state index contributed by atoms with van der Waals surface area (Å²) in [4.78, 5) is 16.0. The number of hydrogen-bond acceptors (Lipinski definition) is 3. The molecule has 1 rings (SSSR count). The Hall–Kier alpha value is -2.08. The number of carbonyl (C=O) groups is 1. The van der Waals surface area contributed by atoms with Gasteiger partial charge in [0.2, 0.25) is 0 Å². The van der Waals surface area contributed by atoms with Crippen molar-refractivity contribution in [1.82, 2.24) is 16.0 Å². The second kappa shape index (κ2) is 12.4. The standard InChI is InChI=1S/C18H30N4O2/c1-15(2)9-13-24-14-12-22-18(19-3)21-11-10-20-17(23)16-7-5-4-6-8-16/h4-8,15H,9-14H2,1-3H3,(H,20,23)(H2,19,21,22). The number of guanidine groups is 1. The van der Waals surface area contributed by atoms with E-state index in [1.807, 2.05) is 18.2 Å². The van der Waals surface area contributed by atoms with Crippen LogP contribution in [0, 0.1) is 5.92 Å². The van der Waals surface area contributed by atoms with Crippen LogP contribution in [0.1, 0.15) is 30.6 Å². The van der Waals surface area contributed by atoms with E-state index in [4.69, 9.17) is 4.74 Å². The molecule has 0 fully saturated rings. The normalized spacial score (nSPS) is 11.4. The first-order valence-corrected chi connectivity index (χ1v) is 8.49. The summed E-state index contributed by atoms with van der Waals surface area (Å²) >= 11 is 0. The molecule has 1 amide bonds. The van der Waals surface area contributed by atoms with Gasteiger partial charge in [0.15, 0.2) is 5.96 Å². The summed E-state index contributed by atoms with van der Waals surface area (Å²) in [7, 11) is 1.72. The van der Waals surface area contributed by atoms with Gasteiger partial charge in [-0.2, -0.15) is 0 Å². The molecule has 134 valence electrons. The van der Waals surface area contributed by atoms with Gasteiger partial charge < -0.3 is 20.7 Å². The van der Waals surface area contributed by atoms with E-state index in [2.05, 4.69) is 34.8 Å². The summed E-state index contributed by atoms with van der Waals surface area (Å²) in [5.74, 6) is 1.30. The Bertz CT molecular complexity index is 489.